The minimum absolute atomic E-state index is 0.0690. The van der Waals surface area contributed by atoms with Gasteiger partial charge in [-0.25, -0.2) is 0 Å². The molecular weight excluding hydrogens is 1280 g/mol. The van der Waals surface area contributed by atoms with Gasteiger partial charge in [0.1, 0.15) is 0 Å². The van der Waals surface area contributed by atoms with E-state index in [4.69, 9.17) is 0 Å². The Balaban J connectivity index is 0.000000139. The molecule has 4 nitrogen and oxygen atoms in total. The van der Waals surface area contributed by atoms with Crippen LogP contribution in [-0.4, -0.2) is 13.7 Å². The maximum atomic E-state index is 2.45. The summed E-state index contributed by atoms with van der Waals surface area (Å²) >= 11 is 1.86. The molecule has 0 radical (unpaired) electrons. The van der Waals surface area contributed by atoms with Crippen LogP contribution in [0.15, 0.2) is 376 Å². The topological polar surface area (TPSA) is 18.0 Å². The molecule has 104 heavy (non-hydrogen) atoms. The Labute approximate surface area is 607 Å². The SMILES string of the molecule is CC1(C)c2ccccc2-c2ccc(-n3c4ccccc4c4cc(N(c5ccc(-c6ccccc6)cc5)c5ccc(-c6ccccc6)cc5)ccc43)cc21.c1ccc(-n2c3ccccc3c3cc(-c4ccc5c(c4)c4ccccc4n5-c4ccc(-c5ccc6sc7ccccc7c6c5)cc4)ccc32)cc1. The number of hydrogen-bond donors (Lipinski definition) is 0. The van der Waals surface area contributed by atoms with Crippen LogP contribution in [-0.2, 0) is 5.41 Å². The number of hydrogen-bond acceptors (Lipinski definition) is 2. The molecule has 4 aromatic heterocycles. The van der Waals surface area contributed by atoms with E-state index in [0.717, 1.165) is 22.7 Å². The molecule has 1 aliphatic rings. The van der Waals surface area contributed by atoms with Crippen molar-refractivity contribution < 1.29 is 0 Å². The first-order valence-corrected chi connectivity index (χ1v) is 36.7. The average Bonchev–Trinajstić information content (AvgIpc) is 1.58. The van der Waals surface area contributed by atoms with Gasteiger partial charge in [-0.1, -0.05) is 250 Å². The van der Waals surface area contributed by atoms with E-state index < -0.39 is 0 Å². The number of fused-ring (bicyclic) bond motifs is 15. The van der Waals surface area contributed by atoms with Gasteiger partial charge in [0, 0.05) is 92.0 Å². The summed E-state index contributed by atoms with van der Waals surface area (Å²) in [6, 6.07) is 137. The number of anilines is 3. The van der Waals surface area contributed by atoms with Gasteiger partial charge in [-0.15, -0.1) is 11.3 Å². The first-order valence-electron chi connectivity index (χ1n) is 35.9. The van der Waals surface area contributed by atoms with Crippen molar-refractivity contribution in [1.29, 1.82) is 0 Å². The van der Waals surface area contributed by atoms with Gasteiger partial charge in [0.2, 0.25) is 0 Å². The van der Waals surface area contributed by atoms with E-state index >= 15 is 0 Å². The molecule has 0 saturated carbocycles. The summed E-state index contributed by atoms with van der Waals surface area (Å²) < 4.78 is 9.90. The van der Waals surface area contributed by atoms with Gasteiger partial charge in [0.05, 0.1) is 33.1 Å². The Morgan fingerprint density at radius 1 is 0.221 bits per heavy atom. The van der Waals surface area contributed by atoms with Gasteiger partial charge in [-0.2, -0.15) is 0 Å². The lowest BCUT2D eigenvalue weighted by atomic mass is 9.82. The molecule has 0 fully saturated rings. The van der Waals surface area contributed by atoms with Crippen LogP contribution in [0.1, 0.15) is 25.0 Å². The third-order valence-corrected chi connectivity index (χ3v) is 22.9. The zero-order valence-electron chi connectivity index (χ0n) is 57.5. The molecule has 0 N–H and O–H groups in total. The summed E-state index contributed by atoms with van der Waals surface area (Å²) in [7, 11) is 0. The molecule has 0 aliphatic heterocycles. The highest BCUT2D eigenvalue weighted by atomic mass is 32.1. The fraction of sp³-hybridized carbons (Fsp3) is 0.0303. The van der Waals surface area contributed by atoms with Crippen LogP contribution < -0.4 is 4.90 Å². The van der Waals surface area contributed by atoms with E-state index in [0.29, 0.717) is 0 Å². The fourth-order valence-electron chi connectivity index (χ4n) is 16.7. The summed E-state index contributed by atoms with van der Waals surface area (Å²) in [4.78, 5) is 2.38. The van der Waals surface area contributed by atoms with Crippen molar-refractivity contribution in [2.24, 2.45) is 0 Å². The molecule has 5 heteroatoms. The quantitative estimate of drug-likeness (QED) is 0.133. The maximum Gasteiger partial charge on any atom is 0.0542 e. The Morgan fingerprint density at radius 2 is 0.577 bits per heavy atom. The Hall–Kier alpha value is -13.1. The third kappa shape index (κ3) is 10.1. The average molecular weight is 1350 g/mol. The molecule has 0 spiro atoms. The summed E-state index contributed by atoms with van der Waals surface area (Å²) in [5.74, 6) is 0. The monoisotopic (exact) mass is 1340 g/mol. The van der Waals surface area contributed by atoms with Crippen LogP contribution in [0.25, 0.3) is 158 Å². The zero-order valence-corrected chi connectivity index (χ0v) is 58.3. The molecule has 0 unspecified atom stereocenters. The van der Waals surface area contributed by atoms with Gasteiger partial charge in [-0.3, -0.25) is 0 Å². The third-order valence-electron chi connectivity index (χ3n) is 21.7. The van der Waals surface area contributed by atoms with Crippen molar-refractivity contribution in [3.05, 3.63) is 387 Å². The Kier molecular flexibility index (Phi) is 14.4. The number of benzene rings is 16. The first kappa shape index (κ1) is 60.9. The van der Waals surface area contributed by atoms with Crippen LogP contribution in [0.5, 0.6) is 0 Å². The van der Waals surface area contributed by atoms with Gasteiger partial charge in [-0.05, 0) is 206 Å². The summed E-state index contributed by atoms with van der Waals surface area (Å²) in [6.07, 6.45) is 0. The molecule has 21 rings (SSSR count). The van der Waals surface area contributed by atoms with E-state index in [-0.39, 0.29) is 5.41 Å². The van der Waals surface area contributed by atoms with E-state index in [9.17, 15) is 0 Å². The summed E-state index contributed by atoms with van der Waals surface area (Å²) in [5.41, 5.74) is 29.3. The predicted octanol–water partition coefficient (Wildman–Crippen LogP) is 27.5. The fourth-order valence-corrected chi connectivity index (χ4v) is 17.8. The highest BCUT2D eigenvalue weighted by molar-refractivity contribution is 7.25. The minimum atomic E-state index is -0.0690. The Morgan fingerprint density at radius 3 is 1.15 bits per heavy atom. The van der Waals surface area contributed by atoms with Crippen molar-refractivity contribution in [3.63, 3.8) is 0 Å². The normalized spacial score (nSPS) is 12.4. The molecular formula is C99H68N4S. The zero-order chi connectivity index (χ0) is 69.0. The van der Waals surface area contributed by atoms with Crippen molar-refractivity contribution in [1.82, 2.24) is 13.7 Å². The lowest BCUT2D eigenvalue weighted by Gasteiger charge is -2.26. The second-order valence-electron chi connectivity index (χ2n) is 28.0. The van der Waals surface area contributed by atoms with Crippen LogP contribution in [0.4, 0.5) is 17.1 Å². The van der Waals surface area contributed by atoms with Gasteiger partial charge >= 0.3 is 0 Å². The van der Waals surface area contributed by atoms with E-state index in [1.54, 1.807) is 0 Å². The summed E-state index contributed by atoms with van der Waals surface area (Å²) in [5, 5.41) is 10.2. The molecule has 490 valence electrons. The van der Waals surface area contributed by atoms with Crippen molar-refractivity contribution in [2.75, 3.05) is 4.90 Å². The number of thiophene rings is 1. The first-order chi connectivity index (χ1) is 51.3. The smallest absolute Gasteiger partial charge is 0.0542 e. The predicted molar refractivity (Wildman–Crippen MR) is 443 cm³/mol. The lowest BCUT2D eigenvalue weighted by molar-refractivity contribution is 0.660. The van der Waals surface area contributed by atoms with Crippen LogP contribution in [0.2, 0.25) is 0 Å². The number of nitrogens with zero attached hydrogens (tertiary/aromatic N) is 4. The number of rotatable bonds is 10. The van der Waals surface area contributed by atoms with E-state index in [1.807, 2.05) is 11.3 Å². The Bertz CT molecular complexity index is 6630. The van der Waals surface area contributed by atoms with E-state index in [1.165, 1.54) is 164 Å². The highest BCUT2D eigenvalue weighted by Gasteiger charge is 2.36. The van der Waals surface area contributed by atoms with Crippen molar-refractivity contribution in [3.8, 4) is 72.7 Å². The van der Waals surface area contributed by atoms with Crippen LogP contribution in [0.3, 0.4) is 0 Å². The molecule has 0 bridgehead atoms. The number of para-hydroxylation sites is 4. The van der Waals surface area contributed by atoms with Crippen molar-refractivity contribution in [2.45, 2.75) is 19.3 Å². The molecule has 1 aliphatic carbocycles. The minimum Gasteiger partial charge on any atom is -0.310 e. The van der Waals surface area contributed by atoms with Crippen LogP contribution >= 0.6 is 11.3 Å². The molecule has 0 amide bonds. The second-order valence-corrected chi connectivity index (χ2v) is 29.1. The van der Waals surface area contributed by atoms with Crippen LogP contribution in [0, 0.1) is 0 Å². The van der Waals surface area contributed by atoms with E-state index in [2.05, 4.69) is 409 Å². The van der Waals surface area contributed by atoms with Gasteiger partial charge in [0.25, 0.3) is 0 Å². The molecule has 16 aromatic carbocycles. The van der Waals surface area contributed by atoms with Gasteiger partial charge in [0.15, 0.2) is 0 Å². The number of aromatic nitrogens is 3. The molecule has 0 saturated heterocycles. The highest BCUT2D eigenvalue weighted by Crippen LogP contribution is 2.51. The molecule has 4 heterocycles. The summed E-state index contributed by atoms with van der Waals surface area (Å²) in [6.45, 7) is 4.71. The standard InChI is InChI=1S/C51H38N2.C48H30N2S/c1-51(2)47-19-11-9-17-43(47)44-31-29-42(34-48(44)51)53-49-20-12-10-18-45(49)46-33-41(30-32-50(46)53)52(39-25-21-37(22-26-39)35-13-5-3-6-14-35)40-27-23-38(24-28-40)36-15-7-4-8-16-36;1-2-10-35(11-3-1)49-43-15-7-4-12-37(43)40-28-33(20-25-45(40)49)34-21-26-46-41(29-34)38-13-5-8-16-44(38)50(46)36-23-18-31(19-24-36)32-22-27-48-42(30-32)39-14-6-9-17-47(39)51-48/h3-34H,1-2H3;1-30H. The van der Waals surface area contributed by atoms with Gasteiger partial charge < -0.3 is 18.6 Å². The second kappa shape index (κ2) is 24.6. The largest absolute Gasteiger partial charge is 0.310 e. The molecule has 20 aromatic rings. The molecule has 0 atom stereocenters. The van der Waals surface area contributed by atoms with Crippen molar-refractivity contribution >= 4 is 114 Å². The lowest BCUT2D eigenvalue weighted by Crippen LogP contribution is -2.15. The maximum absolute atomic E-state index is 2.45.